The van der Waals surface area contributed by atoms with Crippen molar-refractivity contribution in [2.75, 3.05) is 38.1 Å². The highest BCUT2D eigenvalue weighted by Gasteiger charge is 2.30. The number of rotatable bonds is 7. The van der Waals surface area contributed by atoms with Gasteiger partial charge in [-0.3, -0.25) is 9.69 Å². The molecule has 11 heteroatoms. The van der Waals surface area contributed by atoms with Gasteiger partial charge in [-0.15, -0.1) is 6.42 Å². The number of fused-ring (bicyclic) bond motifs is 1. The predicted octanol–water partition coefficient (Wildman–Crippen LogP) is 3.74. The number of halogens is 1. The van der Waals surface area contributed by atoms with Crippen LogP contribution in [0, 0.1) is 19.3 Å². The number of nitrogens with zero attached hydrogens (tertiary/aromatic N) is 2. The number of aliphatic hydroxyl groups is 1. The molecule has 2 aromatic heterocycles. The van der Waals surface area contributed by atoms with Gasteiger partial charge in [-0.1, -0.05) is 35.7 Å². The van der Waals surface area contributed by atoms with E-state index in [9.17, 15) is 14.7 Å². The van der Waals surface area contributed by atoms with Crippen LogP contribution < -0.4 is 16.2 Å². The number of H-pyrrole nitrogens is 2. The van der Waals surface area contributed by atoms with Crippen LogP contribution in [0.15, 0.2) is 53.5 Å². The Labute approximate surface area is 235 Å². The number of ether oxygens (including phenoxy) is 1. The SMILES string of the molecule is C#CCOC(=O)N1CCNCC1c1cc(C)c2nc(-c3c(NCC(O)c4cccc(Cl)c4)cc[nH]c3=O)[nH]c2c1. The maximum atomic E-state index is 13.0. The van der Waals surface area contributed by atoms with Gasteiger partial charge in [-0.25, -0.2) is 9.78 Å². The monoisotopic (exact) mass is 560 g/mol. The van der Waals surface area contributed by atoms with Crippen molar-refractivity contribution in [1.82, 2.24) is 25.2 Å². The third kappa shape index (κ3) is 5.67. The van der Waals surface area contributed by atoms with Crippen LogP contribution in [-0.4, -0.2) is 63.8 Å². The lowest BCUT2D eigenvalue weighted by Gasteiger charge is -2.35. The van der Waals surface area contributed by atoms with E-state index in [0.29, 0.717) is 52.8 Å². The van der Waals surface area contributed by atoms with Crippen molar-refractivity contribution < 1.29 is 14.6 Å². The number of hydrogen-bond acceptors (Lipinski definition) is 7. The molecule has 5 N–H and O–H groups in total. The molecule has 2 atom stereocenters. The summed E-state index contributed by atoms with van der Waals surface area (Å²) in [7, 11) is 0. The highest BCUT2D eigenvalue weighted by Crippen LogP contribution is 2.31. The first-order valence-corrected chi connectivity index (χ1v) is 13.2. The molecule has 4 aromatic rings. The lowest BCUT2D eigenvalue weighted by atomic mass is 10.0. The molecule has 5 rings (SSSR count). The fourth-order valence-electron chi connectivity index (χ4n) is 4.94. The summed E-state index contributed by atoms with van der Waals surface area (Å²) >= 11 is 6.06. The van der Waals surface area contributed by atoms with Crippen molar-refractivity contribution in [3.8, 4) is 23.7 Å². The summed E-state index contributed by atoms with van der Waals surface area (Å²) in [6.45, 7) is 3.68. The third-order valence-electron chi connectivity index (χ3n) is 6.86. The van der Waals surface area contributed by atoms with Crippen LogP contribution in [0.3, 0.4) is 0 Å². The van der Waals surface area contributed by atoms with Gasteiger partial charge in [0.25, 0.3) is 5.56 Å². The zero-order valence-electron chi connectivity index (χ0n) is 21.8. The van der Waals surface area contributed by atoms with Crippen LogP contribution in [-0.2, 0) is 4.74 Å². The van der Waals surface area contributed by atoms with Gasteiger partial charge >= 0.3 is 6.09 Å². The Balaban J connectivity index is 1.45. The van der Waals surface area contributed by atoms with Gasteiger partial charge in [-0.05, 0) is 47.9 Å². The Kier molecular flexibility index (Phi) is 8.07. The predicted molar refractivity (Wildman–Crippen MR) is 154 cm³/mol. The average molecular weight is 561 g/mol. The largest absolute Gasteiger partial charge is 0.436 e. The number of imidazole rings is 1. The van der Waals surface area contributed by atoms with Crippen molar-refractivity contribution in [1.29, 1.82) is 0 Å². The van der Waals surface area contributed by atoms with Gasteiger partial charge in [0.1, 0.15) is 11.4 Å². The first-order chi connectivity index (χ1) is 19.4. The molecule has 2 aromatic carbocycles. The maximum Gasteiger partial charge on any atom is 0.411 e. The molecule has 40 heavy (non-hydrogen) atoms. The third-order valence-corrected chi connectivity index (χ3v) is 7.09. The first-order valence-electron chi connectivity index (χ1n) is 12.8. The number of amides is 1. The molecule has 0 aliphatic carbocycles. The standard InChI is InChI=1S/C29H29ClN6O4/c1-3-11-40-29(39)36-10-9-31-15-23(36)19-12-17(2)26-22(14-19)34-27(35-26)25-21(7-8-32-28(25)38)33-16-24(37)18-5-4-6-20(30)13-18/h1,4-8,12-14,23-24,31,37H,9-11,15-16H2,2H3,(H,34,35)(H2,32,33,38). The lowest BCUT2D eigenvalue weighted by Crippen LogP contribution is -2.48. The number of terminal acetylenes is 1. The summed E-state index contributed by atoms with van der Waals surface area (Å²) < 4.78 is 5.20. The molecule has 1 fully saturated rings. The van der Waals surface area contributed by atoms with E-state index in [2.05, 4.69) is 26.5 Å². The van der Waals surface area contributed by atoms with Crippen molar-refractivity contribution >= 4 is 34.4 Å². The normalized spacial score (nSPS) is 15.9. The van der Waals surface area contributed by atoms with E-state index < -0.39 is 12.2 Å². The molecule has 206 valence electrons. The number of pyridine rings is 1. The molecule has 1 amide bonds. The van der Waals surface area contributed by atoms with Crippen molar-refractivity contribution in [2.45, 2.75) is 19.1 Å². The quantitative estimate of drug-likeness (QED) is 0.217. The Bertz CT molecular complexity index is 1640. The average Bonchev–Trinajstić information content (AvgIpc) is 3.39. The summed E-state index contributed by atoms with van der Waals surface area (Å²) in [6, 6.07) is 12.4. The number of carbonyl (C=O) groups excluding carboxylic acids is 1. The van der Waals surface area contributed by atoms with Crippen LogP contribution in [0.2, 0.25) is 5.02 Å². The number of piperazine rings is 1. The number of aryl methyl sites for hydroxylation is 1. The number of nitrogens with one attached hydrogen (secondary N) is 4. The highest BCUT2D eigenvalue weighted by molar-refractivity contribution is 6.30. The first kappa shape index (κ1) is 27.3. The number of carbonyl (C=O) groups is 1. The van der Waals surface area contributed by atoms with Crippen LogP contribution in [0.4, 0.5) is 10.5 Å². The van der Waals surface area contributed by atoms with Gasteiger partial charge in [-0.2, -0.15) is 0 Å². The summed E-state index contributed by atoms with van der Waals surface area (Å²) in [5, 5.41) is 17.7. The van der Waals surface area contributed by atoms with Crippen molar-refractivity contribution in [3.05, 3.63) is 80.7 Å². The summed E-state index contributed by atoms with van der Waals surface area (Å²) in [5.74, 6) is 2.71. The summed E-state index contributed by atoms with van der Waals surface area (Å²) in [4.78, 5) is 38.0. The molecule has 0 saturated carbocycles. The van der Waals surface area contributed by atoms with Gasteiger partial charge < -0.3 is 30.4 Å². The van der Waals surface area contributed by atoms with Gasteiger partial charge in [0.05, 0.1) is 28.9 Å². The number of hydrogen-bond donors (Lipinski definition) is 5. The summed E-state index contributed by atoms with van der Waals surface area (Å²) in [5.41, 5.74) is 4.37. The molecular weight excluding hydrogens is 532 g/mol. The van der Waals surface area contributed by atoms with E-state index in [0.717, 1.165) is 16.6 Å². The molecule has 3 heterocycles. The number of aromatic amines is 2. The van der Waals surface area contributed by atoms with Gasteiger partial charge in [0.2, 0.25) is 0 Å². The minimum atomic E-state index is -0.842. The Morgan fingerprint density at radius 3 is 3.00 bits per heavy atom. The molecule has 0 radical (unpaired) electrons. The summed E-state index contributed by atoms with van der Waals surface area (Å²) in [6.07, 6.45) is 5.49. The minimum absolute atomic E-state index is 0.0877. The minimum Gasteiger partial charge on any atom is -0.436 e. The molecule has 1 saturated heterocycles. The van der Waals surface area contributed by atoms with Gasteiger partial charge in [0, 0.05) is 37.4 Å². The fourth-order valence-corrected chi connectivity index (χ4v) is 5.13. The molecule has 2 unspecified atom stereocenters. The van der Waals surface area contributed by atoms with Crippen molar-refractivity contribution in [2.24, 2.45) is 0 Å². The Morgan fingerprint density at radius 2 is 2.20 bits per heavy atom. The van der Waals surface area contributed by atoms with Crippen LogP contribution in [0.1, 0.15) is 28.8 Å². The van der Waals surface area contributed by atoms with E-state index >= 15 is 0 Å². The van der Waals surface area contributed by atoms with Crippen LogP contribution in [0.25, 0.3) is 22.4 Å². The molecule has 1 aliphatic heterocycles. The van der Waals surface area contributed by atoms with E-state index in [1.54, 1.807) is 35.2 Å². The Morgan fingerprint density at radius 1 is 1.35 bits per heavy atom. The van der Waals surface area contributed by atoms with Crippen LogP contribution in [0.5, 0.6) is 0 Å². The van der Waals surface area contributed by atoms with E-state index in [4.69, 9.17) is 27.7 Å². The van der Waals surface area contributed by atoms with Crippen LogP contribution >= 0.6 is 11.6 Å². The molecule has 0 bridgehead atoms. The smallest absolute Gasteiger partial charge is 0.411 e. The van der Waals surface area contributed by atoms with Crippen molar-refractivity contribution in [3.63, 3.8) is 0 Å². The second-order valence-corrected chi connectivity index (χ2v) is 9.98. The van der Waals surface area contributed by atoms with E-state index in [1.807, 2.05) is 19.1 Å². The Hall–Kier alpha value is -4.30. The number of anilines is 1. The van der Waals surface area contributed by atoms with E-state index in [-0.39, 0.29) is 24.8 Å². The highest BCUT2D eigenvalue weighted by atomic mass is 35.5. The fraction of sp³-hybridized carbons (Fsp3) is 0.276. The molecule has 10 nitrogen and oxygen atoms in total. The zero-order chi connectivity index (χ0) is 28.2. The second kappa shape index (κ2) is 11.8. The number of benzene rings is 2. The van der Waals surface area contributed by atoms with E-state index in [1.165, 1.54) is 6.20 Å². The molecular formula is C29H29ClN6O4. The molecule has 1 aliphatic rings. The maximum absolute atomic E-state index is 13.0. The van der Waals surface area contributed by atoms with Gasteiger partial charge in [0.15, 0.2) is 6.61 Å². The molecule has 0 spiro atoms. The number of aliphatic hydroxyl groups excluding tert-OH is 1. The number of aromatic nitrogens is 3. The zero-order valence-corrected chi connectivity index (χ0v) is 22.6. The second-order valence-electron chi connectivity index (χ2n) is 9.54. The topological polar surface area (TPSA) is 135 Å². The lowest BCUT2D eigenvalue weighted by molar-refractivity contribution is 0.0865.